The number of nitrogens with zero attached hydrogens (tertiary/aromatic N) is 1. The molecule has 84 valence electrons. The number of H-pyrrole nitrogens is 1. The van der Waals surface area contributed by atoms with Crippen molar-refractivity contribution in [3.8, 4) is 0 Å². The molecule has 1 rings (SSSR count). The van der Waals surface area contributed by atoms with E-state index in [-0.39, 0.29) is 0 Å². The Bertz CT molecular complexity index is 337. The molecular formula is C5HCuF6N2. The fourth-order valence-corrected chi connectivity index (χ4v) is 1.06. The van der Waals surface area contributed by atoms with Gasteiger partial charge in [-0.3, -0.25) is 0 Å². The third-order valence-corrected chi connectivity index (χ3v) is 1.60. The van der Waals surface area contributed by atoms with Crippen LogP contribution < -0.4 is 4.59 Å². The molecule has 14 heavy (non-hydrogen) atoms. The average molecular weight is 267 g/mol. The second-order valence-electron chi connectivity index (χ2n) is 2.22. The van der Waals surface area contributed by atoms with E-state index in [0.29, 0.717) is 0 Å². The minimum absolute atomic E-state index is 1.16. The molecule has 0 fully saturated rings. The molecule has 2 nitrogen and oxygen atoms in total. The summed E-state index contributed by atoms with van der Waals surface area (Å²) in [6, 6.07) is 0. The van der Waals surface area contributed by atoms with Crippen LogP contribution in [0.2, 0.25) is 0 Å². The van der Waals surface area contributed by atoms with Gasteiger partial charge < -0.3 is 0 Å². The van der Waals surface area contributed by atoms with Gasteiger partial charge >= 0.3 is 80.8 Å². The molecule has 0 amide bonds. The second-order valence-corrected chi connectivity index (χ2v) is 2.67. The molecule has 0 aromatic carbocycles. The fourth-order valence-electron chi connectivity index (χ4n) is 0.759. The van der Waals surface area contributed by atoms with E-state index in [1.54, 1.807) is 0 Å². The zero-order valence-corrected chi connectivity index (χ0v) is 6.96. The van der Waals surface area contributed by atoms with Crippen LogP contribution in [0, 0.1) is 0 Å². The predicted molar refractivity (Wildman–Crippen MR) is 28.2 cm³/mol. The third-order valence-electron chi connectivity index (χ3n) is 1.26. The van der Waals surface area contributed by atoms with Gasteiger partial charge in [0.25, 0.3) is 0 Å². The van der Waals surface area contributed by atoms with Gasteiger partial charge in [-0.05, 0) is 0 Å². The van der Waals surface area contributed by atoms with Gasteiger partial charge in [-0.25, -0.2) is 0 Å². The van der Waals surface area contributed by atoms with E-state index in [2.05, 4.69) is 21.1 Å². The summed E-state index contributed by atoms with van der Waals surface area (Å²) < 4.78 is 70.9. The maximum atomic E-state index is 12.0. The van der Waals surface area contributed by atoms with Crippen molar-refractivity contribution >= 4 is 4.59 Å². The van der Waals surface area contributed by atoms with E-state index < -0.39 is 28.2 Å². The van der Waals surface area contributed by atoms with Crippen molar-refractivity contribution in [1.82, 2.24) is 10.2 Å². The third kappa shape index (κ3) is 2.03. The Balaban J connectivity index is 3.35. The Labute approximate surface area is 81.5 Å². The molecule has 0 saturated carbocycles. The molecule has 1 heterocycles. The SMILES string of the molecule is FC(F)(F)c1[nH]n[c]([Cu])c1C(F)(F)F. The summed E-state index contributed by atoms with van der Waals surface area (Å²) in [7, 11) is 0. The van der Waals surface area contributed by atoms with Crippen LogP contribution >= 0.6 is 0 Å². The van der Waals surface area contributed by atoms with E-state index in [1.807, 2.05) is 0 Å². The molecule has 0 unspecified atom stereocenters. The molecule has 9 heteroatoms. The molecule has 0 aliphatic carbocycles. The minimum atomic E-state index is -5.16. The first-order chi connectivity index (χ1) is 6.14. The van der Waals surface area contributed by atoms with Crippen molar-refractivity contribution in [1.29, 1.82) is 0 Å². The van der Waals surface area contributed by atoms with Gasteiger partial charge in [0.15, 0.2) is 0 Å². The van der Waals surface area contributed by atoms with Gasteiger partial charge in [0.2, 0.25) is 0 Å². The topological polar surface area (TPSA) is 28.7 Å². The first-order valence-corrected chi connectivity index (χ1v) is 3.45. The van der Waals surface area contributed by atoms with Crippen LogP contribution in [0.25, 0.3) is 0 Å². The van der Waals surface area contributed by atoms with E-state index in [0.717, 1.165) is 0 Å². The Hall–Kier alpha value is -0.691. The Morgan fingerprint density at radius 3 is 1.79 bits per heavy atom. The van der Waals surface area contributed by atoms with Crippen molar-refractivity contribution in [2.75, 3.05) is 0 Å². The van der Waals surface area contributed by atoms with Gasteiger partial charge in [-0.1, -0.05) is 0 Å². The fraction of sp³-hybridized carbons (Fsp3) is 0.400. The number of aromatic amines is 1. The first kappa shape index (κ1) is 11.4. The summed E-state index contributed by atoms with van der Waals surface area (Å²) in [6.45, 7) is 0. The van der Waals surface area contributed by atoms with Crippen LogP contribution in [-0.4, -0.2) is 10.2 Å². The first-order valence-electron chi connectivity index (χ1n) is 2.98. The Kier molecular flexibility index (Phi) is 2.57. The number of halogens is 6. The summed E-state index contributed by atoms with van der Waals surface area (Å²) in [5.74, 6) is 0. The number of alkyl halides is 6. The monoisotopic (exact) mass is 266 g/mol. The van der Waals surface area contributed by atoms with Crippen molar-refractivity contribution in [2.45, 2.75) is 12.4 Å². The number of hydrogen-bond acceptors (Lipinski definition) is 1. The normalized spacial score (nSPS) is 13.4. The summed E-state index contributed by atoms with van der Waals surface area (Å²) in [5, 5.41) is 3.91. The molecule has 1 aromatic rings. The van der Waals surface area contributed by atoms with E-state index in [4.69, 9.17) is 0 Å². The van der Waals surface area contributed by atoms with Crippen molar-refractivity contribution in [3.63, 3.8) is 0 Å². The summed E-state index contributed by atoms with van der Waals surface area (Å²) in [5.41, 5.74) is -3.92. The molecular weight excluding hydrogens is 266 g/mol. The van der Waals surface area contributed by atoms with E-state index >= 15 is 0 Å². The van der Waals surface area contributed by atoms with E-state index in [9.17, 15) is 26.3 Å². The Morgan fingerprint density at radius 2 is 1.50 bits per heavy atom. The van der Waals surface area contributed by atoms with Crippen molar-refractivity contribution in [3.05, 3.63) is 11.3 Å². The molecule has 0 aliphatic heterocycles. The molecule has 0 atom stereocenters. The number of hydrogen-bond donors (Lipinski definition) is 1. The zero-order chi connectivity index (χ0) is 11.1. The average Bonchev–Trinajstić information content (AvgIpc) is 2.27. The molecule has 1 aromatic heterocycles. The van der Waals surface area contributed by atoms with Crippen LogP contribution in [0.5, 0.6) is 0 Å². The van der Waals surface area contributed by atoms with Crippen molar-refractivity contribution in [2.24, 2.45) is 0 Å². The van der Waals surface area contributed by atoms with Crippen LogP contribution in [0.4, 0.5) is 26.3 Å². The van der Waals surface area contributed by atoms with Crippen LogP contribution in [-0.2, 0) is 28.4 Å². The predicted octanol–water partition coefficient (Wildman–Crippen LogP) is 1.62. The molecule has 0 bridgehead atoms. The van der Waals surface area contributed by atoms with Crippen LogP contribution in [0.1, 0.15) is 11.3 Å². The number of nitrogens with one attached hydrogen (secondary N) is 1. The summed E-state index contributed by atoms with van der Waals surface area (Å²) >= 11 is 4.19. The number of aromatic nitrogens is 2. The zero-order valence-electron chi connectivity index (χ0n) is 6.02. The van der Waals surface area contributed by atoms with Gasteiger partial charge in [-0.2, -0.15) is 0 Å². The standard InChI is InChI=1S/C5HF6N2.Cu/c6-4(7,8)2-1-12-13-3(2)5(9,10)11;/h(H,12,13);. The Morgan fingerprint density at radius 1 is 1.00 bits per heavy atom. The molecule has 0 radical (unpaired) electrons. The van der Waals surface area contributed by atoms with Gasteiger partial charge in [-0.15, -0.1) is 0 Å². The van der Waals surface area contributed by atoms with Crippen LogP contribution in [0.3, 0.4) is 0 Å². The van der Waals surface area contributed by atoms with Crippen LogP contribution in [0.15, 0.2) is 0 Å². The number of rotatable bonds is 0. The molecule has 1 N–H and O–H groups in total. The van der Waals surface area contributed by atoms with Gasteiger partial charge in [0.05, 0.1) is 0 Å². The summed E-state index contributed by atoms with van der Waals surface area (Å²) in [4.78, 5) is 0. The molecule has 0 spiro atoms. The molecule has 0 aliphatic rings. The maximum absolute atomic E-state index is 12.0. The van der Waals surface area contributed by atoms with Gasteiger partial charge in [0, 0.05) is 0 Å². The van der Waals surface area contributed by atoms with Gasteiger partial charge in [0.1, 0.15) is 0 Å². The quantitative estimate of drug-likeness (QED) is 0.561. The van der Waals surface area contributed by atoms with Crippen molar-refractivity contribution < 1.29 is 42.4 Å². The van der Waals surface area contributed by atoms with E-state index in [1.165, 1.54) is 5.10 Å². The summed E-state index contributed by atoms with van der Waals surface area (Å²) in [6.07, 6.45) is -10.3. The second kappa shape index (κ2) is 3.16. The molecule has 0 saturated heterocycles.